The predicted molar refractivity (Wildman–Crippen MR) is 54.0 cm³/mol. The molecule has 3 rings (SSSR count). The van der Waals surface area contributed by atoms with Crippen molar-refractivity contribution < 1.29 is 0 Å². The summed E-state index contributed by atoms with van der Waals surface area (Å²) in [7, 11) is 0. The largest absolute Gasteiger partial charge is 0.379 e. The topological polar surface area (TPSA) is 60.0 Å². The van der Waals surface area contributed by atoms with Crippen LogP contribution in [0.3, 0.4) is 0 Å². The molecular formula is C9H15N5. The Morgan fingerprint density at radius 3 is 3.07 bits per heavy atom. The van der Waals surface area contributed by atoms with E-state index in [1.165, 1.54) is 25.7 Å². The van der Waals surface area contributed by atoms with Crippen LogP contribution in [0.25, 0.3) is 0 Å². The lowest BCUT2D eigenvalue weighted by Crippen LogP contribution is -2.44. The number of fused-ring (bicyclic) bond motifs is 3. The first-order valence-electron chi connectivity index (χ1n) is 5.32. The smallest absolute Gasteiger partial charge is 0.190 e. The van der Waals surface area contributed by atoms with Gasteiger partial charge in [0.2, 0.25) is 0 Å². The molecule has 1 aromatic heterocycles. The van der Waals surface area contributed by atoms with Crippen LogP contribution in [0.5, 0.6) is 0 Å². The van der Waals surface area contributed by atoms with Crippen LogP contribution in [-0.2, 0) is 6.54 Å². The Bertz CT molecular complexity index is 345. The van der Waals surface area contributed by atoms with Crippen LogP contribution in [0.15, 0.2) is 0 Å². The number of hydrogen-bond donors (Lipinski definition) is 1. The van der Waals surface area contributed by atoms with Crippen molar-refractivity contribution in [3.8, 4) is 0 Å². The first-order valence-corrected chi connectivity index (χ1v) is 5.32. The third-order valence-electron chi connectivity index (χ3n) is 3.31. The molecule has 1 unspecified atom stereocenters. The van der Waals surface area contributed by atoms with Crippen LogP contribution in [0.4, 0.5) is 11.6 Å². The number of hydrogen-bond acceptors (Lipinski definition) is 4. The molecular weight excluding hydrogens is 178 g/mol. The highest BCUT2D eigenvalue weighted by Crippen LogP contribution is 2.33. The Morgan fingerprint density at radius 2 is 2.14 bits per heavy atom. The fourth-order valence-electron chi connectivity index (χ4n) is 2.62. The van der Waals surface area contributed by atoms with E-state index in [0.29, 0.717) is 11.9 Å². The molecule has 3 heterocycles. The van der Waals surface area contributed by atoms with Gasteiger partial charge in [0.25, 0.3) is 0 Å². The molecule has 1 saturated heterocycles. The average molecular weight is 193 g/mol. The lowest BCUT2D eigenvalue weighted by atomic mass is 9.98. The van der Waals surface area contributed by atoms with E-state index in [1.807, 2.05) is 4.68 Å². The van der Waals surface area contributed by atoms with Gasteiger partial charge in [0.1, 0.15) is 0 Å². The number of nitrogen functional groups attached to an aromatic ring is 1. The fourth-order valence-corrected chi connectivity index (χ4v) is 2.62. The van der Waals surface area contributed by atoms with E-state index in [4.69, 9.17) is 5.73 Å². The minimum Gasteiger partial charge on any atom is -0.379 e. The van der Waals surface area contributed by atoms with Crippen molar-refractivity contribution >= 4 is 11.6 Å². The van der Waals surface area contributed by atoms with E-state index in [2.05, 4.69) is 15.2 Å². The summed E-state index contributed by atoms with van der Waals surface area (Å²) in [4.78, 5) is 2.39. The van der Waals surface area contributed by atoms with Crippen molar-refractivity contribution in [1.82, 2.24) is 15.0 Å². The van der Waals surface area contributed by atoms with Crippen molar-refractivity contribution in [3.05, 3.63) is 0 Å². The van der Waals surface area contributed by atoms with Gasteiger partial charge in [0.05, 0.1) is 0 Å². The van der Waals surface area contributed by atoms with E-state index in [1.54, 1.807) is 0 Å². The minimum atomic E-state index is 0.594. The third kappa shape index (κ3) is 1.01. The second-order valence-electron chi connectivity index (χ2n) is 4.15. The van der Waals surface area contributed by atoms with Crippen LogP contribution in [-0.4, -0.2) is 27.6 Å². The van der Waals surface area contributed by atoms with E-state index >= 15 is 0 Å². The number of nitrogens with zero attached hydrogens (tertiary/aromatic N) is 4. The molecule has 5 heteroatoms. The Hall–Kier alpha value is -1.26. The first-order chi connectivity index (χ1) is 6.86. The van der Waals surface area contributed by atoms with Crippen LogP contribution >= 0.6 is 0 Å². The standard InChI is InChI=1S/C9H15N5/c10-8-9-13-5-2-1-3-7(13)4-6-14(9)12-11-8/h7H,1-6,10H2. The second-order valence-corrected chi connectivity index (χ2v) is 4.15. The molecule has 2 aliphatic rings. The van der Waals surface area contributed by atoms with Crippen molar-refractivity contribution in [2.75, 3.05) is 17.2 Å². The molecule has 2 aliphatic heterocycles. The Kier molecular flexibility index (Phi) is 1.65. The molecule has 0 bridgehead atoms. The lowest BCUT2D eigenvalue weighted by molar-refractivity contribution is 0.366. The van der Waals surface area contributed by atoms with E-state index in [0.717, 1.165) is 18.9 Å². The van der Waals surface area contributed by atoms with Gasteiger partial charge in [-0.2, -0.15) is 0 Å². The molecule has 1 atom stereocenters. The molecule has 0 saturated carbocycles. The Morgan fingerprint density at radius 1 is 1.21 bits per heavy atom. The summed E-state index contributed by atoms with van der Waals surface area (Å²) >= 11 is 0. The molecule has 14 heavy (non-hydrogen) atoms. The van der Waals surface area contributed by atoms with Crippen LogP contribution < -0.4 is 10.6 Å². The number of nitrogens with two attached hydrogens (primary N) is 1. The van der Waals surface area contributed by atoms with Crippen LogP contribution in [0, 0.1) is 0 Å². The van der Waals surface area contributed by atoms with E-state index in [9.17, 15) is 0 Å². The van der Waals surface area contributed by atoms with Gasteiger partial charge in [-0.3, -0.25) is 0 Å². The number of aromatic nitrogens is 3. The van der Waals surface area contributed by atoms with Gasteiger partial charge in [0.15, 0.2) is 11.6 Å². The minimum absolute atomic E-state index is 0.594. The molecule has 1 aromatic rings. The van der Waals surface area contributed by atoms with Gasteiger partial charge in [-0.1, -0.05) is 5.21 Å². The summed E-state index contributed by atoms with van der Waals surface area (Å²) in [6, 6.07) is 0.678. The molecule has 0 aliphatic carbocycles. The highest BCUT2D eigenvalue weighted by Gasteiger charge is 2.31. The zero-order valence-corrected chi connectivity index (χ0v) is 8.19. The Balaban J connectivity index is 2.02. The van der Waals surface area contributed by atoms with Crippen LogP contribution in [0.1, 0.15) is 25.7 Å². The number of anilines is 2. The van der Waals surface area contributed by atoms with Crippen molar-refractivity contribution in [3.63, 3.8) is 0 Å². The van der Waals surface area contributed by atoms with Gasteiger partial charge in [-0.05, 0) is 25.7 Å². The van der Waals surface area contributed by atoms with Crippen molar-refractivity contribution in [2.45, 2.75) is 38.3 Å². The van der Waals surface area contributed by atoms with Gasteiger partial charge in [-0.15, -0.1) is 5.10 Å². The molecule has 0 aromatic carbocycles. The maximum Gasteiger partial charge on any atom is 0.190 e. The summed E-state index contributed by atoms with van der Waals surface area (Å²) in [5.74, 6) is 1.65. The summed E-state index contributed by atoms with van der Waals surface area (Å²) in [5, 5.41) is 7.99. The molecule has 2 N–H and O–H groups in total. The first kappa shape index (κ1) is 8.08. The highest BCUT2D eigenvalue weighted by molar-refractivity contribution is 5.59. The quantitative estimate of drug-likeness (QED) is 0.656. The van der Waals surface area contributed by atoms with E-state index in [-0.39, 0.29) is 0 Å². The summed E-state index contributed by atoms with van der Waals surface area (Å²) < 4.78 is 1.94. The molecule has 0 radical (unpaired) electrons. The number of rotatable bonds is 0. The maximum absolute atomic E-state index is 5.83. The summed E-state index contributed by atoms with van der Waals surface area (Å²) in [5.41, 5.74) is 5.83. The number of aryl methyl sites for hydroxylation is 1. The fraction of sp³-hybridized carbons (Fsp3) is 0.778. The Labute approximate surface area is 82.9 Å². The van der Waals surface area contributed by atoms with E-state index < -0.39 is 0 Å². The summed E-state index contributed by atoms with van der Waals surface area (Å²) in [6.07, 6.45) is 5.10. The van der Waals surface area contributed by atoms with Crippen molar-refractivity contribution in [1.29, 1.82) is 0 Å². The molecule has 0 spiro atoms. The maximum atomic E-state index is 5.83. The molecule has 76 valence electrons. The predicted octanol–water partition coefficient (Wildman–Crippen LogP) is 0.623. The third-order valence-corrected chi connectivity index (χ3v) is 3.31. The summed E-state index contributed by atoms with van der Waals surface area (Å²) in [6.45, 7) is 2.09. The van der Waals surface area contributed by atoms with Gasteiger partial charge in [-0.25, -0.2) is 4.68 Å². The molecule has 0 amide bonds. The van der Waals surface area contributed by atoms with Gasteiger partial charge in [0, 0.05) is 19.1 Å². The van der Waals surface area contributed by atoms with Crippen LogP contribution in [0.2, 0.25) is 0 Å². The molecule has 1 fully saturated rings. The number of piperidine rings is 1. The SMILES string of the molecule is Nc1nnn2c1N1CCCCC1CC2. The highest BCUT2D eigenvalue weighted by atomic mass is 15.5. The molecule has 5 nitrogen and oxygen atoms in total. The van der Waals surface area contributed by atoms with Gasteiger partial charge < -0.3 is 10.6 Å². The lowest BCUT2D eigenvalue weighted by Gasteiger charge is -2.40. The zero-order valence-electron chi connectivity index (χ0n) is 8.19. The normalized spacial score (nSPS) is 25.7. The monoisotopic (exact) mass is 193 g/mol. The average Bonchev–Trinajstić information content (AvgIpc) is 2.61. The van der Waals surface area contributed by atoms with Crippen molar-refractivity contribution in [2.24, 2.45) is 0 Å². The second kappa shape index (κ2) is 2.87. The van der Waals surface area contributed by atoms with Gasteiger partial charge >= 0.3 is 0 Å². The zero-order chi connectivity index (χ0) is 9.54.